The van der Waals surface area contributed by atoms with Crippen LogP contribution in [-0.4, -0.2) is 30.2 Å². The summed E-state index contributed by atoms with van der Waals surface area (Å²) in [5.41, 5.74) is 3.92. The topological polar surface area (TPSA) is 38.7 Å². The SMILES string of the molecule is CO[C@]1(CC/C(C)=C/Cc2ccccc2)C[C@@H](O)C[C@@H](C/C(C)=C/I)O1. The number of hydrogen-bond donors (Lipinski definition) is 1. The van der Waals surface area contributed by atoms with Crippen molar-refractivity contribution < 1.29 is 14.6 Å². The zero-order valence-corrected chi connectivity index (χ0v) is 18.2. The molecule has 4 heteroatoms. The third kappa shape index (κ3) is 6.80. The van der Waals surface area contributed by atoms with Crippen LogP contribution in [0.3, 0.4) is 0 Å². The maximum absolute atomic E-state index is 10.4. The van der Waals surface area contributed by atoms with E-state index < -0.39 is 5.79 Å². The van der Waals surface area contributed by atoms with Gasteiger partial charge in [0, 0.05) is 26.4 Å². The van der Waals surface area contributed by atoms with Crippen LogP contribution in [0.2, 0.25) is 0 Å². The number of aliphatic hydroxyl groups is 1. The van der Waals surface area contributed by atoms with Crippen LogP contribution in [0, 0.1) is 0 Å². The Morgan fingerprint density at radius 2 is 2.04 bits per heavy atom. The lowest BCUT2D eigenvalue weighted by molar-refractivity contribution is -0.287. The highest BCUT2D eigenvalue weighted by molar-refractivity contribution is 14.1. The van der Waals surface area contributed by atoms with Crippen LogP contribution in [0.15, 0.2) is 51.6 Å². The van der Waals surface area contributed by atoms with E-state index in [1.807, 2.05) is 6.07 Å². The largest absolute Gasteiger partial charge is 0.393 e. The second kappa shape index (κ2) is 10.6. The molecular formula is C22H31IO3. The Bertz CT molecular complexity index is 611. The highest BCUT2D eigenvalue weighted by Gasteiger charge is 2.41. The molecule has 1 aromatic carbocycles. The van der Waals surface area contributed by atoms with Gasteiger partial charge in [0.25, 0.3) is 0 Å². The lowest BCUT2D eigenvalue weighted by Crippen LogP contribution is -2.47. The molecule has 1 aliphatic rings. The maximum Gasteiger partial charge on any atom is 0.171 e. The van der Waals surface area contributed by atoms with Crippen LogP contribution in [0.1, 0.15) is 51.5 Å². The number of aliphatic hydroxyl groups excluding tert-OH is 1. The van der Waals surface area contributed by atoms with Crippen molar-refractivity contribution in [3.05, 3.63) is 57.2 Å². The summed E-state index contributed by atoms with van der Waals surface area (Å²) in [5, 5.41) is 10.4. The Hall–Kier alpha value is -0.690. The van der Waals surface area contributed by atoms with Crippen molar-refractivity contribution in [2.75, 3.05) is 7.11 Å². The second-order valence-electron chi connectivity index (χ2n) is 7.35. The molecule has 0 unspecified atom stereocenters. The van der Waals surface area contributed by atoms with E-state index in [1.54, 1.807) is 7.11 Å². The Labute approximate surface area is 171 Å². The third-order valence-electron chi connectivity index (χ3n) is 5.00. The number of rotatable bonds is 8. The summed E-state index contributed by atoms with van der Waals surface area (Å²) in [7, 11) is 1.69. The third-order valence-corrected chi connectivity index (χ3v) is 6.06. The molecule has 0 radical (unpaired) electrons. The quantitative estimate of drug-likeness (QED) is 0.399. The fraction of sp³-hybridized carbons (Fsp3) is 0.545. The molecule has 3 nitrogen and oxygen atoms in total. The molecule has 0 spiro atoms. The molecule has 1 N–H and O–H groups in total. The molecule has 3 atom stereocenters. The molecule has 26 heavy (non-hydrogen) atoms. The number of hydrogen-bond acceptors (Lipinski definition) is 3. The normalized spacial score (nSPS) is 27.6. The standard InChI is InChI=1S/C22H31IO3/c1-17(9-10-19-7-5-4-6-8-19)11-12-22(25-3)15-20(24)14-21(26-22)13-18(2)16-23/h4-9,16,20-21,24H,10-15H2,1-3H3/b17-9+,18-16+/t20-,21+,22-/m0/s1. The van der Waals surface area contributed by atoms with Crippen molar-refractivity contribution >= 4 is 22.6 Å². The van der Waals surface area contributed by atoms with E-state index in [4.69, 9.17) is 9.47 Å². The highest BCUT2D eigenvalue weighted by Crippen LogP contribution is 2.36. The smallest absolute Gasteiger partial charge is 0.171 e. The molecule has 0 saturated carbocycles. The molecule has 1 fully saturated rings. The van der Waals surface area contributed by atoms with Gasteiger partial charge in [-0.25, -0.2) is 0 Å². The van der Waals surface area contributed by atoms with Crippen molar-refractivity contribution in [2.45, 2.75) is 70.4 Å². The van der Waals surface area contributed by atoms with Crippen molar-refractivity contribution in [2.24, 2.45) is 0 Å². The molecule has 144 valence electrons. The predicted molar refractivity (Wildman–Crippen MR) is 115 cm³/mol. The van der Waals surface area contributed by atoms with E-state index in [9.17, 15) is 5.11 Å². The van der Waals surface area contributed by atoms with Gasteiger partial charge in [0.1, 0.15) is 0 Å². The molecule has 0 bridgehead atoms. The summed E-state index contributed by atoms with van der Waals surface area (Å²) in [6.45, 7) is 4.26. The van der Waals surface area contributed by atoms with Gasteiger partial charge in [-0.2, -0.15) is 0 Å². The van der Waals surface area contributed by atoms with Gasteiger partial charge in [-0.05, 0) is 42.8 Å². The number of benzene rings is 1. The van der Waals surface area contributed by atoms with E-state index in [-0.39, 0.29) is 12.2 Å². The van der Waals surface area contributed by atoms with Crippen molar-refractivity contribution in [1.29, 1.82) is 0 Å². The predicted octanol–water partition coefficient (Wildman–Crippen LogP) is 5.57. The fourth-order valence-electron chi connectivity index (χ4n) is 3.46. The summed E-state index contributed by atoms with van der Waals surface area (Å²) >= 11 is 2.25. The van der Waals surface area contributed by atoms with Crippen LogP contribution in [0.25, 0.3) is 0 Å². The fourth-order valence-corrected chi connectivity index (χ4v) is 3.72. The molecule has 2 rings (SSSR count). The molecule has 1 aliphatic heterocycles. The molecule has 0 aliphatic carbocycles. The zero-order chi connectivity index (χ0) is 19.0. The first-order valence-electron chi connectivity index (χ1n) is 9.33. The Balaban J connectivity index is 1.95. The molecule has 1 heterocycles. The van der Waals surface area contributed by atoms with Gasteiger partial charge in [-0.3, -0.25) is 0 Å². The molecule has 1 saturated heterocycles. The Morgan fingerprint density at radius 3 is 2.69 bits per heavy atom. The summed E-state index contributed by atoms with van der Waals surface area (Å²) in [6.07, 6.45) is 6.59. The first kappa shape index (κ1) is 21.6. The van der Waals surface area contributed by atoms with Gasteiger partial charge in [-0.15, -0.1) is 0 Å². The minimum atomic E-state index is -0.685. The van der Waals surface area contributed by atoms with E-state index in [2.05, 4.69) is 70.9 Å². The van der Waals surface area contributed by atoms with E-state index in [0.29, 0.717) is 12.8 Å². The molecule has 0 amide bonds. The van der Waals surface area contributed by atoms with Gasteiger partial charge < -0.3 is 14.6 Å². The van der Waals surface area contributed by atoms with Crippen molar-refractivity contribution in [3.63, 3.8) is 0 Å². The van der Waals surface area contributed by atoms with E-state index in [1.165, 1.54) is 16.7 Å². The van der Waals surface area contributed by atoms with Crippen molar-refractivity contribution in [3.8, 4) is 0 Å². The van der Waals surface area contributed by atoms with Crippen molar-refractivity contribution in [1.82, 2.24) is 0 Å². The van der Waals surface area contributed by atoms with Gasteiger partial charge >= 0.3 is 0 Å². The van der Waals surface area contributed by atoms with Crippen LogP contribution in [0.5, 0.6) is 0 Å². The zero-order valence-electron chi connectivity index (χ0n) is 16.1. The number of halogens is 1. The lowest BCUT2D eigenvalue weighted by Gasteiger charge is -2.42. The van der Waals surface area contributed by atoms with Gasteiger partial charge in [0.05, 0.1) is 12.2 Å². The minimum absolute atomic E-state index is 0.0123. The molecule has 0 aromatic heterocycles. The summed E-state index contributed by atoms with van der Waals surface area (Å²) in [5.74, 6) is -0.685. The summed E-state index contributed by atoms with van der Waals surface area (Å²) in [6, 6.07) is 10.5. The van der Waals surface area contributed by atoms with Crippen LogP contribution >= 0.6 is 22.6 Å². The Morgan fingerprint density at radius 1 is 1.31 bits per heavy atom. The maximum atomic E-state index is 10.4. The van der Waals surface area contributed by atoms with Crippen LogP contribution in [-0.2, 0) is 15.9 Å². The average Bonchev–Trinajstić information content (AvgIpc) is 2.65. The minimum Gasteiger partial charge on any atom is -0.393 e. The summed E-state index contributed by atoms with van der Waals surface area (Å²) < 4.78 is 14.2. The van der Waals surface area contributed by atoms with Crippen LogP contribution in [0.4, 0.5) is 0 Å². The number of methoxy groups -OCH3 is 1. The Kier molecular flexibility index (Phi) is 8.80. The van der Waals surface area contributed by atoms with Gasteiger partial charge in [0.15, 0.2) is 5.79 Å². The molecular weight excluding hydrogens is 439 g/mol. The average molecular weight is 470 g/mol. The van der Waals surface area contributed by atoms with E-state index >= 15 is 0 Å². The van der Waals surface area contributed by atoms with Crippen LogP contribution < -0.4 is 0 Å². The number of ether oxygens (including phenoxy) is 2. The van der Waals surface area contributed by atoms with Gasteiger partial charge in [-0.1, -0.05) is 70.1 Å². The monoisotopic (exact) mass is 470 g/mol. The summed E-state index contributed by atoms with van der Waals surface area (Å²) in [4.78, 5) is 0. The second-order valence-corrected chi connectivity index (χ2v) is 7.97. The molecule has 1 aromatic rings. The highest BCUT2D eigenvalue weighted by atomic mass is 127. The lowest BCUT2D eigenvalue weighted by atomic mass is 9.91. The van der Waals surface area contributed by atoms with Gasteiger partial charge in [0.2, 0.25) is 0 Å². The van der Waals surface area contributed by atoms with E-state index in [0.717, 1.165) is 25.7 Å². The first-order valence-corrected chi connectivity index (χ1v) is 10.6. The number of allylic oxidation sites excluding steroid dienone is 2. The first-order chi connectivity index (χ1) is 12.5.